The number of hydrogen-bond donors (Lipinski definition) is 3. The smallest absolute Gasteiger partial charge is 0.327 e. The summed E-state index contributed by atoms with van der Waals surface area (Å²) in [6.45, 7) is 7.62. The highest BCUT2D eigenvalue weighted by molar-refractivity contribution is 5.79. The molecule has 1 fully saturated rings. The van der Waals surface area contributed by atoms with Crippen molar-refractivity contribution in [3.63, 3.8) is 0 Å². The Balaban J connectivity index is 2.38. The molecule has 0 radical (unpaired) electrons. The molecule has 0 aromatic carbocycles. The Kier molecular flexibility index (Phi) is 7.59. The van der Waals surface area contributed by atoms with Gasteiger partial charge in [0, 0.05) is 36.4 Å². The van der Waals surface area contributed by atoms with Gasteiger partial charge in [-0.3, -0.25) is 4.79 Å². The van der Waals surface area contributed by atoms with Crippen LogP contribution in [0.2, 0.25) is 0 Å². The number of carboxylic acids is 1. The summed E-state index contributed by atoms with van der Waals surface area (Å²) in [5, 5.41) is 29.9. The molecular weight excluding hydrogens is 326 g/mol. The van der Waals surface area contributed by atoms with E-state index in [1.54, 1.807) is 0 Å². The summed E-state index contributed by atoms with van der Waals surface area (Å²) < 4.78 is 5.54. The number of hydrogen-bond acceptors (Lipinski definition) is 6. The van der Waals surface area contributed by atoms with Crippen molar-refractivity contribution in [2.45, 2.75) is 89.5 Å². The van der Waals surface area contributed by atoms with Gasteiger partial charge in [0.05, 0.1) is 6.10 Å². The van der Waals surface area contributed by atoms with Crippen molar-refractivity contribution < 1.29 is 29.7 Å². The lowest BCUT2D eigenvalue weighted by molar-refractivity contribution is -0.259. The Morgan fingerprint density at radius 3 is 2.28 bits per heavy atom. The lowest BCUT2D eigenvalue weighted by Gasteiger charge is -2.50. The maximum absolute atomic E-state index is 12.0. The first-order valence-electron chi connectivity index (χ1n) is 8.70. The molecule has 1 aliphatic heterocycles. The summed E-state index contributed by atoms with van der Waals surface area (Å²) in [5.74, 6) is -1.37. The van der Waals surface area contributed by atoms with Crippen LogP contribution in [0.5, 0.6) is 0 Å². The fraction of sp³-hybridized carbons (Fsp3) is 0.778. The van der Waals surface area contributed by atoms with Gasteiger partial charge in [-0.25, -0.2) is 4.79 Å². The van der Waals surface area contributed by atoms with Gasteiger partial charge in [0.1, 0.15) is 6.10 Å². The number of nitrogens with zero attached hydrogens (tertiary/aromatic N) is 1. The zero-order chi connectivity index (χ0) is 19.3. The number of carbonyl (C=O) groups is 2. The van der Waals surface area contributed by atoms with Crippen LogP contribution in [-0.2, 0) is 14.3 Å². The number of aliphatic hydroxyl groups is 1. The zero-order valence-electron chi connectivity index (χ0n) is 15.6. The minimum atomic E-state index is -1.02. The highest BCUT2D eigenvalue weighted by atomic mass is 16.5. The van der Waals surface area contributed by atoms with Crippen LogP contribution in [0.4, 0.5) is 0 Å². The average Bonchev–Trinajstić information content (AvgIpc) is 2.46. The Morgan fingerprint density at radius 2 is 1.76 bits per heavy atom. The van der Waals surface area contributed by atoms with E-state index in [0.29, 0.717) is 25.7 Å². The average molecular weight is 357 g/mol. The third-order valence-electron chi connectivity index (χ3n) is 4.51. The summed E-state index contributed by atoms with van der Waals surface area (Å²) in [6.07, 6.45) is 3.92. The Bertz CT molecular complexity index is 482. The SMILES string of the molecule is CC1(C)CC(OC(=O)CCC(O)CCC=CC(=O)O)CC(C)(C)N1O. The van der Waals surface area contributed by atoms with E-state index in [4.69, 9.17) is 9.84 Å². The number of aliphatic carboxylic acids is 1. The normalized spacial score (nSPS) is 22.0. The number of ether oxygens (including phenoxy) is 1. The maximum Gasteiger partial charge on any atom is 0.327 e. The van der Waals surface area contributed by atoms with Gasteiger partial charge < -0.3 is 20.2 Å². The monoisotopic (exact) mass is 357 g/mol. The van der Waals surface area contributed by atoms with Crippen molar-refractivity contribution in [1.82, 2.24) is 5.06 Å². The van der Waals surface area contributed by atoms with E-state index in [1.807, 2.05) is 27.7 Å². The molecule has 1 rings (SSSR count). The molecule has 25 heavy (non-hydrogen) atoms. The molecule has 144 valence electrons. The van der Waals surface area contributed by atoms with E-state index < -0.39 is 23.2 Å². The second-order valence-corrected chi connectivity index (χ2v) is 7.97. The van der Waals surface area contributed by atoms with Gasteiger partial charge in [0.2, 0.25) is 0 Å². The minimum absolute atomic E-state index is 0.115. The molecule has 1 saturated heterocycles. The van der Waals surface area contributed by atoms with Crippen molar-refractivity contribution in [2.24, 2.45) is 0 Å². The van der Waals surface area contributed by atoms with Gasteiger partial charge in [-0.05, 0) is 47.0 Å². The Labute approximate surface area is 149 Å². The van der Waals surface area contributed by atoms with Gasteiger partial charge in [-0.2, -0.15) is 5.06 Å². The number of rotatable bonds is 8. The maximum atomic E-state index is 12.0. The fourth-order valence-electron chi connectivity index (χ4n) is 3.41. The molecule has 0 bridgehead atoms. The fourth-order valence-corrected chi connectivity index (χ4v) is 3.41. The van der Waals surface area contributed by atoms with Gasteiger partial charge in [-0.1, -0.05) is 6.08 Å². The summed E-state index contributed by atoms with van der Waals surface area (Å²) in [7, 11) is 0. The van der Waals surface area contributed by atoms with Crippen molar-refractivity contribution in [3.8, 4) is 0 Å². The first-order valence-corrected chi connectivity index (χ1v) is 8.70. The second-order valence-electron chi connectivity index (χ2n) is 7.97. The topological polar surface area (TPSA) is 107 Å². The molecule has 1 aliphatic rings. The van der Waals surface area contributed by atoms with E-state index in [0.717, 1.165) is 6.08 Å². The molecule has 7 nitrogen and oxygen atoms in total. The van der Waals surface area contributed by atoms with Crippen LogP contribution in [0.15, 0.2) is 12.2 Å². The third kappa shape index (κ3) is 7.13. The van der Waals surface area contributed by atoms with E-state index >= 15 is 0 Å². The quantitative estimate of drug-likeness (QED) is 0.452. The standard InChI is InChI=1S/C18H31NO6/c1-17(2)11-14(12-18(3,4)19(17)24)25-16(23)10-9-13(20)7-5-6-8-15(21)22/h6,8,13-14,20,24H,5,7,9-12H2,1-4H3,(H,21,22). The van der Waals surface area contributed by atoms with E-state index in [-0.39, 0.29) is 24.9 Å². The minimum Gasteiger partial charge on any atom is -0.478 e. The highest BCUT2D eigenvalue weighted by Crippen LogP contribution is 2.38. The van der Waals surface area contributed by atoms with Crippen molar-refractivity contribution >= 4 is 11.9 Å². The summed E-state index contributed by atoms with van der Waals surface area (Å²) in [4.78, 5) is 22.4. The van der Waals surface area contributed by atoms with E-state index in [2.05, 4.69) is 0 Å². The first-order chi connectivity index (χ1) is 11.4. The molecule has 0 saturated carbocycles. The van der Waals surface area contributed by atoms with Gasteiger partial charge in [0.15, 0.2) is 0 Å². The molecule has 0 aromatic rings. The van der Waals surface area contributed by atoms with Crippen LogP contribution in [0, 0.1) is 0 Å². The molecule has 0 aromatic heterocycles. The predicted octanol–water partition coefficient (Wildman–Crippen LogP) is 2.50. The van der Waals surface area contributed by atoms with Crippen LogP contribution < -0.4 is 0 Å². The zero-order valence-corrected chi connectivity index (χ0v) is 15.6. The molecule has 0 aliphatic carbocycles. The van der Waals surface area contributed by atoms with Crippen LogP contribution in [0.1, 0.15) is 66.2 Å². The lowest BCUT2D eigenvalue weighted by atomic mass is 9.80. The summed E-state index contributed by atoms with van der Waals surface area (Å²) >= 11 is 0. The van der Waals surface area contributed by atoms with Crippen molar-refractivity contribution in [1.29, 1.82) is 0 Å². The number of hydroxylamine groups is 2. The van der Waals surface area contributed by atoms with Crippen LogP contribution in [-0.4, -0.2) is 55.7 Å². The number of allylic oxidation sites excluding steroid dienone is 1. The molecular formula is C18H31NO6. The number of esters is 1. The van der Waals surface area contributed by atoms with Crippen molar-refractivity contribution in [2.75, 3.05) is 0 Å². The largest absolute Gasteiger partial charge is 0.478 e. The van der Waals surface area contributed by atoms with Crippen LogP contribution in [0.25, 0.3) is 0 Å². The van der Waals surface area contributed by atoms with E-state index in [1.165, 1.54) is 11.1 Å². The highest BCUT2D eigenvalue weighted by Gasteiger charge is 2.46. The predicted molar refractivity (Wildman–Crippen MR) is 92.1 cm³/mol. The van der Waals surface area contributed by atoms with Crippen LogP contribution >= 0.6 is 0 Å². The summed E-state index contributed by atoms with van der Waals surface area (Å²) in [6, 6.07) is 0. The first kappa shape index (κ1) is 21.6. The van der Waals surface area contributed by atoms with Crippen molar-refractivity contribution in [3.05, 3.63) is 12.2 Å². The number of aliphatic hydroxyl groups excluding tert-OH is 1. The van der Waals surface area contributed by atoms with Crippen LogP contribution in [0.3, 0.4) is 0 Å². The molecule has 0 spiro atoms. The van der Waals surface area contributed by atoms with Gasteiger partial charge in [0.25, 0.3) is 0 Å². The molecule has 3 N–H and O–H groups in total. The second kappa shape index (κ2) is 8.78. The number of carbonyl (C=O) groups excluding carboxylic acids is 1. The summed E-state index contributed by atoms with van der Waals surface area (Å²) in [5.41, 5.74) is -0.967. The Morgan fingerprint density at radius 1 is 1.20 bits per heavy atom. The third-order valence-corrected chi connectivity index (χ3v) is 4.51. The molecule has 1 atom stereocenters. The van der Waals surface area contributed by atoms with Gasteiger partial charge in [-0.15, -0.1) is 0 Å². The van der Waals surface area contributed by atoms with E-state index in [9.17, 15) is 19.9 Å². The number of piperidine rings is 1. The molecule has 0 amide bonds. The molecule has 1 heterocycles. The lowest BCUT2D eigenvalue weighted by Crippen LogP contribution is -2.60. The van der Waals surface area contributed by atoms with Gasteiger partial charge >= 0.3 is 11.9 Å². The Hall–Kier alpha value is -1.44. The molecule has 7 heteroatoms. The number of carboxylic acid groups (broad SMARTS) is 1. The molecule has 1 unspecified atom stereocenters.